The molecule has 0 saturated carbocycles. The average Bonchev–Trinajstić information content (AvgIpc) is 2.72. The van der Waals surface area contributed by atoms with Gasteiger partial charge in [0.25, 0.3) is 0 Å². The van der Waals surface area contributed by atoms with Crippen molar-refractivity contribution in [3.8, 4) is 17.8 Å². The number of aromatic nitrogens is 2. The molecule has 0 fully saturated rings. The molecule has 2 aromatic rings. The van der Waals surface area contributed by atoms with Gasteiger partial charge in [0.05, 0.1) is 25.5 Å². The summed E-state index contributed by atoms with van der Waals surface area (Å²) in [5, 5.41) is 26.7. The maximum absolute atomic E-state index is 14.7. The Kier molecular flexibility index (Phi) is 7.79. The lowest BCUT2D eigenvalue weighted by atomic mass is 9.97. The number of amides is 1. The van der Waals surface area contributed by atoms with E-state index in [1.54, 1.807) is 19.1 Å². The van der Waals surface area contributed by atoms with E-state index in [-0.39, 0.29) is 34.9 Å². The van der Waals surface area contributed by atoms with Crippen molar-refractivity contribution in [2.45, 2.75) is 32.9 Å². The quantitative estimate of drug-likeness (QED) is 0.469. The van der Waals surface area contributed by atoms with Crippen molar-refractivity contribution >= 4 is 23.4 Å². The summed E-state index contributed by atoms with van der Waals surface area (Å²) in [7, 11) is 2.89. The molecule has 11 heteroatoms. The van der Waals surface area contributed by atoms with Crippen molar-refractivity contribution in [2.24, 2.45) is 5.92 Å². The van der Waals surface area contributed by atoms with Crippen molar-refractivity contribution in [1.29, 1.82) is 5.26 Å². The standard InChI is InChI=1S/C20H25FN6O4/c1-10(2)17(11(3)23-20(28)29)26-19-14(21)6-12(9-22)18(27-19)24-13-7-15(30-4)25-16(8-13)31-5/h6-8,10-11,17,23H,1-5H3,(H,28,29)(H2,24,25,26,27)/t11-,17+/m0/s1. The molecule has 4 N–H and O–H groups in total. The predicted molar refractivity (Wildman–Crippen MR) is 112 cm³/mol. The van der Waals surface area contributed by atoms with Gasteiger partial charge in [-0.2, -0.15) is 10.2 Å². The van der Waals surface area contributed by atoms with E-state index in [2.05, 4.69) is 25.9 Å². The van der Waals surface area contributed by atoms with Gasteiger partial charge in [0, 0.05) is 24.2 Å². The molecule has 0 spiro atoms. The minimum atomic E-state index is -1.18. The van der Waals surface area contributed by atoms with Gasteiger partial charge in [-0.05, 0) is 18.9 Å². The fourth-order valence-electron chi connectivity index (χ4n) is 2.98. The van der Waals surface area contributed by atoms with Crippen molar-refractivity contribution in [3.63, 3.8) is 0 Å². The summed E-state index contributed by atoms with van der Waals surface area (Å²) in [6, 6.07) is 5.11. The number of hydrogen-bond acceptors (Lipinski definition) is 8. The van der Waals surface area contributed by atoms with Crippen LogP contribution < -0.4 is 25.4 Å². The van der Waals surface area contributed by atoms with E-state index in [0.29, 0.717) is 5.69 Å². The molecule has 166 valence electrons. The third-order valence-electron chi connectivity index (χ3n) is 4.47. The Balaban J connectivity index is 2.41. The van der Waals surface area contributed by atoms with Crippen molar-refractivity contribution < 1.29 is 23.8 Å². The summed E-state index contributed by atoms with van der Waals surface area (Å²) in [5.74, 6) is -0.261. The Morgan fingerprint density at radius 3 is 2.23 bits per heavy atom. The first-order valence-corrected chi connectivity index (χ1v) is 9.42. The van der Waals surface area contributed by atoms with Gasteiger partial charge >= 0.3 is 6.09 Å². The summed E-state index contributed by atoms with van der Waals surface area (Å²) in [4.78, 5) is 19.3. The number of ether oxygens (including phenoxy) is 2. The van der Waals surface area contributed by atoms with Crippen LogP contribution in [0.15, 0.2) is 18.2 Å². The highest BCUT2D eigenvalue weighted by atomic mass is 19.1. The highest BCUT2D eigenvalue weighted by Gasteiger charge is 2.25. The van der Waals surface area contributed by atoms with E-state index < -0.39 is 24.0 Å². The molecular weight excluding hydrogens is 407 g/mol. The zero-order valence-corrected chi connectivity index (χ0v) is 17.9. The molecule has 2 atom stereocenters. The number of nitrogens with one attached hydrogen (secondary N) is 3. The minimum Gasteiger partial charge on any atom is -0.481 e. The van der Waals surface area contributed by atoms with Crippen LogP contribution in [0.5, 0.6) is 11.8 Å². The van der Waals surface area contributed by atoms with Crippen LogP contribution in [0.3, 0.4) is 0 Å². The highest BCUT2D eigenvalue weighted by Crippen LogP contribution is 2.28. The summed E-state index contributed by atoms with van der Waals surface area (Å²) in [6.45, 7) is 5.41. The molecule has 0 aliphatic rings. The molecule has 0 bridgehead atoms. The van der Waals surface area contributed by atoms with Gasteiger partial charge in [-0.1, -0.05) is 13.8 Å². The summed E-state index contributed by atoms with van der Waals surface area (Å²) in [6.07, 6.45) is -1.18. The smallest absolute Gasteiger partial charge is 0.404 e. The first-order valence-electron chi connectivity index (χ1n) is 9.42. The van der Waals surface area contributed by atoms with Gasteiger partial charge in [-0.15, -0.1) is 0 Å². The number of nitriles is 1. The van der Waals surface area contributed by atoms with E-state index in [9.17, 15) is 14.4 Å². The molecule has 2 aromatic heterocycles. The Morgan fingerprint density at radius 1 is 1.13 bits per heavy atom. The summed E-state index contributed by atoms with van der Waals surface area (Å²) < 4.78 is 24.9. The molecule has 10 nitrogen and oxygen atoms in total. The number of methoxy groups -OCH3 is 2. The third-order valence-corrected chi connectivity index (χ3v) is 4.47. The zero-order valence-electron chi connectivity index (χ0n) is 17.9. The molecule has 0 aromatic carbocycles. The third kappa shape index (κ3) is 6.08. The maximum Gasteiger partial charge on any atom is 0.404 e. The number of pyridine rings is 2. The van der Waals surface area contributed by atoms with Crippen molar-refractivity contribution in [2.75, 3.05) is 24.9 Å². The van der Waals surface area contributed by atoms with E-state index in [1.807, 2.05) is 19.9 Å². The highest BCUT2D eigenvalue weighted by molar-refractivity contribution is 5.67. The molecule has 0 unspecified atom stereocenters. The molecule has 0 saturated heterocycles. The van der Waals surface area contributed by atoms with E-state index in [4.69, 9.17) is 14.6 Å². The molecular formula is C20H25FN6O4. The van der Waals surface area contributed by atoms with E-state index in [1.165, 1.54) is 14.2 Å². The monoisotopic (exact) mass is 432 g/mol. The van der Waals surface area contributed by atoms with Gasteiger partial charge < -0.3 is 30.5 Å². The van der Waals surface area contributed by atoms with Gasteiger partial charge in [-0.3, -0.25) is 0 Å². The predicted octanol–water partition coefficient (Wildman–Crippen LogP) is 3.34. The van der Waals surface area contributed by atoms with Crippen LogP contribution in [0.4, 0.5) is 26.5 Å². The first-order chi connectivity index (χ1) is 14.7. The van der Waals surface area contributed by atoms with Crippen LogP contribution in [0.1, 0.15) is 26.3 Å². The molecule has 2 rings (SSSR count). The molecule has 1 amide bonds. The second kappa shape index (κ2) is 10.3. The Bertz CT molecular complexity index is 957. The zero-order chi connectivity index (χ0) is 23.1. The largest absolute Gasteiger partial charge is 0.481 e. The normalized spacial score (nSPS) is 12.5. The van der Waals surface area contributed by atoms with Crippen LogP contribution in [-0.2, 0) is 0 Å². The number of hydrogen-bond donors (Lipinski definition) is 4. The fraction of sp³-hybridized carbons (Fsp3) is 0.400. The second-order valence-electron chi connectivity index (χ2n) is 7.04. The number of halogens is 1. The SMILES string of the molecule is COc1cc(Nc2nc(N[C@H](C(C)C)[C@H](C)NC(=O)O)c(F)cc2C#N)cc(OC)n1. The van der Waals surface area contributed by atoms with E-state index >= 15 is 0 Å². The van der Waals surface area contributed by atoms with Crippen LogP contribution in [0.2, 0.25) is 0 Å². The van der Waals surface area contributed by atoms with Crippen molar-refractivity contribution in [1.82, 2.24) is 15.3 Å². The van der Waals surface area contributed by atoms with Gasteiger partial charge in [0.15, 0.2) is 17.5 Å². The van der Waals surface area contributed by atoms with Crippen LogP contribution in [-0.4, -0.2) is 47.5 Å². The fourth-order valence-corrected chi connectivity index (χ4v) is 2.98. The number of carboxylic acid groups (broad SMARTS) is 1. The van der Waals surface area contributed by atoms with Crippen molar-refractivity contribution in [3.05, 3.63) is 29.6 Å². The number of rotatable bonds is 9. The number of carbonyl (C=O) groups is 1. The molecule has 31 heavy (non-hydrogen) atoms. The number of nitrogens with zero attached hydrogens (tertiary/aromatic N) is 3. The first kappa shape index (κ1) is 23.5. The topological polar surface area (TPSA) is 141 Å². The van der Waals surface area contributed by atoms with Gasteiger partial charge in [0.2, 0.25) is 11.8 Å². The molecule has 0 aliphatic heterocycles. The van der Waals surface area contributed by atoms with Crippen LogP contribution in [0, 0.1) is 23.1 Å². The van der Waals surface area contributed by atoms with E-state index in [0.717, 1.165) is 6.07 Å². The van der Waals surface area contributed by atoms with Crippen LogP contribution >= 0.6 is 0 Å². The average molecular weight is 432 g/mol. The Hall–Kier alpha value is -3.81. The lowest BCUT2D eigenvalue weighted by molar-refractivity contribution is 0.188. The summed E-state index contributed by atoms with van der Waals surface area (Å²) >= 11 is 0. The molecule has 0 radical (unpaired) electrons. The lowest BCUT2D eigenvalue weighted by Gasteiger charge is -2.29. The minimum absolute atomic E-state index is 0.0180. The summed E-state index contributed by atoms with van der Waals surface area (Å²) in [5.41, 5.74) is 0.446. The van der Waals surface area contributed by atoms with Gasteiger partial charge in [-0.25, -0.2) is 14.2 Å². The molecule has 2 heterocycles. The Morgan fingerprint density at radius 2 is 1.74 bits per heavy atom. The Labute approximate surface area is 179 Å². The maximum atomic E-state index is 14.7. The number of anilines is 3. The molecule has 0 aliphatic carbocycles. The second-order valence-corrected chi connectivity index (χ2v) is 7.04. The van der Waals surface area contributed by atoms with Gasteiger partial charge in [0.1, 0.15) is 6.07 Å². The lowest BCUT2D eigenvalue weighted by Crippen LogP contribution is -2.47. The van der Waals surface area contributed by atoms with Crippen LogP contribution in [0.25, 0.3) is 0 Å².